The molecular weight excluding hydrogens is 126 g/mol. The van der Waals surface area contributed by atoms with Crippen LogP contribution in [0.1, 0.15) is 39.5 Å². The molecule has 0 bridgehead atoms. The maximum atomic E-state index is 8.51. The monoisotopic (exact) mass is 141 g/mol. The molecule has 0 heterocycles. The fraction of sp³-hybridized carbons (Fsp3) is 0.875. The molecule has 0 amide bonds. The Morgan fingerprint density at radius 1 is 1.50 bits per heavy atom. The van der Waals surface area contributed by atoms with Gasteiger partial charge in [-0.2, -0.15) is 0 Å². The zero-order valence-electron chi connectivity index (χ0n) is 6.72. The number of hydrogen-bond donors (Lipinski definition) is 1. The Kier molecular flexibility index (Phi) is 1.97. The first-order chi connectivity index (χ1) is 4.64. The van der Waals surface area contributed by atoms with E-state index < -0.39 is 0 Å². The summed E-state index contributed by atoms with van der Waals surface area (Å²) in [7, 11) is 0. The van der Waals surface area contributed by atoms with E-state index in [0.717, 1.165) is 18.6 Å². The van der Waals surface area contributed by atoms with Crippen molar-refractivity contribution in [3.05, 3.63) is 0 Å². The number of nitrogens with zero attached hydrogens (tertiary/aromatic N) is 1. The van der Waals surface area contributed by atoms with E-state index in [9.17, 15) is 0 Å². The number of hydrogen-bond acceptors (Lipinski definition) is 2. The highest BCUT2D eigenvalue weighted by molar-refractivity contribution is 5.85. The molecule has 58 valence electrons. The summed E-state index contributed by atoms with van der Waals surface area (Å²) >= 11 is 0. The quantitative estimate of drug-likeness (QED) is 0.408. The van der Waals surface area contributed by atoms with Crippen molar-refractivity contribution in [1.82, 2.24) is 0 Å². The zero-order chi connectivity index (χ0) is 7.61. The average molecular weight is 141 g/mol. The molecule has 0 atom stereocenters. The van der Waals surface area contributed by atoms with Gasteiger partial charge in [-0.1, -0.05) is 19.0 Å². The number of oxime groups is 1. The summed E-state index contributed by atoms with van der Waals surface area (Å²) < 4.78 is 0. The van der Waals surface area contributed by atoms with Gasteiger partial charge in [0.05, 0.1) is 5.71 Å². The molecule has 1 aliphatic rings. The van der Waals surface area contributed by atoms with Crippen LogP contribution in [-0.4, -0.2) is 10.9 Å². The predicted molar refractivity (Wildman–Crippen MR) is 41.5 cm³/mol. The van der Waals surface area contributed by atoms with Gasteiger partial charge in [-0.3, -0.25) is 0 Å². The molecule has 0 aromatic heterocycles. The lowest BCUT2D eigenvalue weighted by Crippen LogP contribution is -2.22. The normalized spacial score (nSPS) is 28.8. The third kappa shape index (κ3) is 1.72. The van der Waals surface area contributed by atoms with Gasteiger partial charge in [0.15, 0.2) is 0 Å². The summed E-state index contributed by atoms with van der Waals surface area (Å²) in [4.78, 5) is 0. The van der Waals surface area contributed by atoms with Crippen LogP contribution in [0.2, 0.25) is 0 Å². The van der Waals surface area contributed by atoms with Gasteiger partial charge < -0.3 is 5.21 Å². The molecule has 0 aromatic rings. The molecule has 1 N–H and O–H groups in total. The van der Waals surface area contributed by atoms with E-state index in [4.69, 9.17) is 5.21 Å². The Morgan fingerprint density at radius 3 is 2.60 bits per heavy atom. The largest absolute Gasteiger partial charge is 0.411 e. The van der Waals surface area contributed by atoms with Crippen molar-refractivity contribution in [2.75, 3.05) is 0 Å². The summed E-state index contributed by atoms with van der Waals surface area (Å²) in [6.45, 7) is 4.44. The van der Waals surface area contributed by atoms with Crippen LogP contribution in [-0.2, 0) is 0 Å². The van der Waals surface area contributed by atoms with Crippen molar-refractivity contribution in [1.29, 1.82) is 0 Å². The van der Waals surface area contributed by atoms with Crippen LogP contribution in [0.15, 0.2) is 5.16 Å². The molecule has 1 aliphatic carbocycles. The summed E-state index contributed by atoms with van der Waals surface area (Å²) in [5.74, 6) is 0. The fourth-order valence-corrected chi connectivity index (χ4v) is 1.59. The summed E-state index contributed by atoms with van der Waals surface area (Å²) in [6, 6.07) is 0. The predicted octanol–water partition coefficient (Wildman–Crippen LogP) is 2.42. The van der Waals surface area contributed by atoms with Gasteiger partial charge in [0.1, 0.15) is 0 Å². The Bertz CT molecular complexity index is 149. The van der Waals surface area contributed by atoms with Gasteiger partial charge in [0.2, 0.25) is 0 Å². The maximum Gasteiger partial charge on any atom is 0.0576 e. The summed E-state index contributed by atoms with van der Waals surface area (Å²) in [5.41, 5.74) is 1.33. The van der Waals surface area contributed by atoms with Gasteiger partial charge in [-0.05, 0) is 31.1 Å². The van der Waals surface area contributed by atoms with Crippen LogP contribution in [0, 0.1) is 5.41 Å². The van der Waals surface area contributed by atoms with E-state index >= 15 is 0 Å². The van der Waals surface area contributed by atoms with Crippen LogP contribution >= 0.6 is 0 Å². The average Bonchev–Trinajstić information content (AvgIpc) is 1.86. The first-order valence-electron chi connectivity index (χ1n) is 3.84. The van der Waals surface area contributed by atoms with Crippen molar-refractivity contribution >= 4 is 5.71 Å². The molecule has 1 rings (SSSR count). The lowest BCUT2D eigenvalue weighted by Gasteiger charge is -2.29. The third-order valence-corrected chi connectivity index (χ3v) is 2.14. The van der Waals surface area contributed by atoms with Crippen molar-refractivity contribution in [3.63, 3.8) is 0 Å². The van der Waals surface area contributed by atoms with E-state index in [-0.39, 0.29) is 0 Å². The van der Waals surface area contributed by atoms with E-state index in [2.05, 4.69) is 19.0 Å². The lowest BCUT2D eigenvalue weighted by atomic mass is 9.77. The molecule has 0 aromatic carbocycles. The molecular formula is C8H15NO. The second kappa shape index (κ2) is 2.60. The zero-order valence-corrected chi connectivity index (χ0v) is 6.72. The molecule has 2 nitrogen and oxygen atoms in total. The van der Waals surface area contributed by atoms with Gasteiger partial charge >= 0.3 is 0 Å². The topological polar surface area (TPSA) is 32.6 Å². The Labute approximate surface area is 61.9 Å². The first-order valence-corrected chi connectivity index (χ1v) is 3.84. The van der Waals surface area contributed by atoms with Gasteiger partial charge in [0, 0.05) is 0 Å². The molecule has 0 unspecified atom stereocenters. The van der Waals surface area contributed by atoms with Gasteiger partial charge in [-0.15, -0.1) is 0 Å². The van der Waals surface area contributed by atoms with Crippen LogP contribution in [0.5, 0.6) is 0 Å². The minimum absolute atomic E-state index is 0.361. The van der Waals surface area contributed by atoms with Gasteiger partial charge in [0.25, 0.3) is 0 Å². The molecule has 2 heteroatoms. The molecule has 0 aliphatic heterocycles. The summed E-state index contributed by atoms with van der Waals surface area (Å²) in [6.07, 6.45) is 4.38. The fourth-order valence-electron chi connectivity index (χ4n) is 1.59. The number of rotatable bonds is 0. The van der Waals surface area contributed by atoms with Crippen LogP contribution in [0.4, 0.5) is 0 Å². The van der Waals surface area contributed by atoms with Crippen LogP contribution in [0.25, 0.3) is 0 Å². The van der Waals surface area contributed by atoms with E-state index in [1.54, 1.807) is 0 Å². The Hall–Kier alpha value is -0.530. The highest BCUT2D eigenvalue weighted by Gasteiger charge is 2.24. The maximum absolute atomic E-state index is 8.51. The van der Waals surface area contributed by atoms with Crippen LogP contribution < -0.4 is 0 Å². The highest BCUT2D eigenvalue weighted by Crippen LogP contribution is 2.33. The standard InChI is InChI=1S/C8H15NO/c1-8(2)5-3-4-7(6-8)9-10/h10H,3-6H2,1-2H3/b9-7+. The van der Waals surface area contributed by atoms with Crippen molar-refractivity contribution < 1.29 is 5.21 Å². The first kappa shape index (κ1) is 7.58. The SMILES string of the molecule is CC1(C)CCC/C(=N\O)C1. The second-order valence-electron chi connectivity index (χ2n) is 3.86. The summed E-state index contributed by atoms with van der Waals surface area (Å²) in [5, 5.41) is 11.8. The van der Waals surface area contributed by atoms with Crippen LogP contribution in [0.3, 0.4) is 0 Å². The van der Waals surface area contributed by atoms with Crippen molar-refractivity contribution in [2.24, 2.45) is 10.6 Å². The molecule has 1 fully saturated rings. The van der Waals surface area contributed by atoms with Crippen molar-refractivity contribution in [2.45, 2.75) is 39.5 Å². The van der Waals surface area contributed by atoms with E-state index in [1.807, 2.05) is 0 Å². The molecule has 10 heavy (non-hydrogen) atoms. The molecule has 0 saturated heterocycles. The van der Waals surface area contributed by atoms with E-state index in [1.165, 1.54) is 12.8 Å². The second-order valence-corrected chi connectivity index (χ2v) is 3.86. The van der Waals surface area contributed by atoms with Gasteiger partial charge in [-0.25, -0.2) is 0 Å². The Morgan fingerprint density at radius 2 is 2.20 bits per heavy atom. The molecule has 0 spiro atoms. The lowest BCUT2D eigenvalue weighted by molar-refractivity contribution is 0.286. The minimum atomic E-state index is 0.361. The Balaban J connectivity index is 2.56. The van der Waals surface area contributed by atoms with Crippen molar-refractivity contribution in [3.8, 4) is 0 Å². The third-order valence-electron chi connectivity index (χ3n) is 2.14. The minimum Gasteiger partial charge on any atom is -0.411 e. The molecule has 1 saturated carbocycles. The highest BCUT2D eigenvalue weighted by atomic mass is 16.4. The molecule has 0 radical (unpaired) electrons. The van der Waals surface area contributed by atoms with E-state index in [0.29, 0.717) is 5.41 Å². The smallest absolute Gasteiger partial charge is 0.0576 e.